The molecule has 5 rings (SSSR count). The summed E-state index contributed by atoms with van der Waals surface area (Å²) in [6, 6.07) is 18.0. The van der Waals surface area contributed by atoms with Crippen LogP contribution in [0.2, 0.25) is 23.2 Å². The summed E-state index contributed by atoms with van der Waals surface area (Å²) in [4.78, 5) is 16.8. The van der Waals surface area contributed by atoms with E-state index in [0.717, 1.165) is 11.3 Å². The van der Waals surface area contributed by atoms with Crippen LogP contribution in [-0.2, 0) is 22.2 Å². The first-order valence-electron chi connectivity index (χ1n) is 15.5. The molecule has 0 spiro atoms. The van der Waals surface area contributed by atoms with Gasteiger partial charge in [-0.25, -0.2) is 4.39 Å². The average Bonchev–Trinajstić information content (AvgIpc) is 2.99. The molecule has 2 heterocycles. The number of nitrogens with zero attached hydrogens (tertiary/aromatic N) is 2. The van der Waals surface area contributed by atoms with Crippen LogP contribution < -0.4 is 19.3 Å². The fourth-order valence-electron chi connectivity index (χ4n) is 5.71. The van der Waals surface area contributed by atoms with Crippen LogP contribution in [0.4, 0.5) is 15.8 Å². The van der Waals surface area contributed by atoms with Gasteiger partial charge < -0.3 is 28.8 Å². The number of piperidine rings is 1. The van der Waals surface area contributed by atoms with Crippen LogP contribution in [0.1, 0.15) is 44.7 Å². The maximum absolute atomic E-state index is 15.4. The third-order valence-corrected chi connectivity index (χ3v) is 14.3. The fraction of sp³-hybridized carbons (Fsp3) is 0.457. The number of rotatable bonds is 9. The van der Waals surface area contributed by atoms with Gasteiger partial charge in [-0.3, -0.25) is 4.79 Å². The van der Waals surface area contributed by atoms with Crippen molar-refractivity contribution in [2.75, 3.05) is 36.6 Å². The average molecular weight is 655 g/mol. The van der Waals surface area contributed by atoms with E-state index in [4.69, 9.17) is 25.5 Å². The van der Waals surface area contributed by atoms with E-state index >= 15 is 4.39 Å². The Morgan fingerprint density at radius 1 is 1.04 bits per heavy atom. The molecule has 2 atom stereocenters. The van der Waals surface area contributed by atoms with Crippen molar-refractivity contribution < 1.29 is 28.2 Å². The molecular weight excluding hydrogens is 611 g/mol. The zero-order valence-electron chi connectivity index (χ0n) is 27.0. The Kier molecular flexibility index (Phi) is 9.57. The van der Waals surface area contributed by atoms with E-state index in [0.29, 0.717) is 48.0 Å². The lowest BCUT2D eigenvalue weighted by Crippen LogP contribution is -2.63. The van der Waals surface area contributed by atoms with Crippen molar-refractivity contribution in [2.45, 2.75) is 76.4 Å². The number of amides is 1. The Bertz CT molecular complexity index is 1510. The quantitative estimate of drug-likeness (QED) is 0.243. The van der Waals surface area contributed by atoms with Crippen molar-refractivity contribution >= 4 is 37.2 Å². The van der Waals surface area contributed by atoms with Gasteiger partial charge in [-0.15, -0.1) is 0 Å². The number of fused-ring (bicyclic) bond motifs is 1. The number of carbonyl (C=O) groups is 1. The second-order valence-corrected chi connectivity index (χ2v) is 18.8. The molecule has 2 aliphatic rings. The van der Waals surface area contributed by atoms with Gasteiger partial charge >= 0.3 is 0 Å². The van der Waals surface area contributed by atoms with Crippen LogP contribution in [0, 0.1) is 5.82 Å². The highest BCUT2D eigenvalue weighted by atomic mass is 35.5. The Morgan fingerprint density at radius 3 is 2.38 bits per heavy atom. The topological polar surface area (TPSA) is 71.5 Å². The molecule has 0 unspecified atom stereocenters. The van der Waals surface area contributed by atoms with Crippen molar-refractivity contribution in [1.29, 1.82) is 0 Å². The molecule has 1 fully saturated rings. The summed E-state index contributed by atoms with van der Waals surface area (Å²) in [6.45, 7) is 12.2. The summed E-state index contributed by atoms with van der Waals surface area (Å²) < 4.78 is 33.9. The molecule has 45 heavy (non-hydrogen) atoms. The predicted octanol–water partition coefficient (Wildman–Crippen LogP) is 7.38. The number of carbonyl (C=O) groups excluding carboxylic acids is 1. The number of aliphatic hydroxyl groups is 1. The lowest BCUT2D eigenvalue weighted by atomic mass is 9.89. The first-order valence-corrected chi connectivity index (χ1v) is 18.8. The molecule has 242 valence electrons. The van der Waals surface area contributed by atoms with Crippen LogP contribution in [0.15, 0.2) is 60.7 Å². The van der Waals surface area contributed by atoms with Crippen molar-refractivity contribution in [2.24, 2.45) is 0 Å². The molecule has 1 amide bonds. The SMILES string of the molecule is COc1ccc(CN2C(=O)CCc3c(OC[C@]4(O)CCN(c5ccc(Cl)cc5)C[C@H]4O[Si](C)(C)C(C)(C)C)ccc(F)c32)cc1. The summed E-state index contributed by atoms with van der Waals surface area (Å²) in [6.07, 6.45) is 0.487. The summed E-state index contributed by atoms with van der Waals surface area (Å²) in [5.74, 6) is 0.551. The molecule has 7 nitrogen and oxygen atoms in total. The molecular formula is C35H44ClFN2O5Si. The summed E-state index contributed by atoms with van der Waals surface area (Å²) in [5.41, 5.74) is 1.45. The predicted molar refractivity (Wildman–Crippen MR) is 180 cm³/mol. The van der Waals surface area contributed by atoms with Crippen LogP contribution in [0.3, 0.4) is 0 Å². The van der Waals surface area contributed by atoms with Gasteiger partial charge in [0.2, 0.25) is 5.91 Å². The molecule has 3 aromatic carbocycles. The van der Waals surface area contributed by atoms with Crippen LogP contribution >= 0.6 is 11.6 Å². The molecule has 0 aliphatic carbocycles. The Balaban J connectivity index is 1.40. The lowest BCUT2D eigenvalue weighted by Gasteiger charge is -2.49. The highest BCUT2D eigenvalue weighted by Crippen LogP contribution is 2.42. The normalized spacial score (nSPS) is 20.6. The Labute approximate surface area is 272 Å². The van der Waals surface area contributed by atoms with Crippen molar-refractivity contribution in [3.63, 3.8) is 0 Å². The van der Waals surface area contributed by atoms with Gasteiger partial charge in [0.05, 0.1) is 25.4 Å². The monoisotopic (exact) mass is 654 g/mol. The zero-order valence-corrected chi connectivity index (χ0v) is 28.8. The largest absolute Gasteiger partial charge is 0.497 e. The Morgan fingerprint density at radius 2 is 1.73 bits per heavy atom. The van der Waals surface area contributed by atoms with Gasteiger partial charge in [-0.05, 0) is 85.1 Å². The number of anilines is 2. The van der Waals surface area contributed by atoms with Gasteiger partial charge in [0.25, 0.3) is 0 Å². The number of ether oxygens (including phenoxy) is 2. The molecule has 0 aromatic heterocycles. The van der Waals surface area contributed by atoms with E-state index in [9.17, 15) is 9.90 Å². The van der Waals surface area contributed by atoms with Crippen LogP contribution in [-0.4, -0.2) is 57.8 Å². The smallest absolute Gasteiger partial charge is 0.227 e. The molecule has 0 radical (unpaired) electrons. The van der Waals surface area contributed by atoms with E-state index in [1.54, 1.807) is 13.2 Å². The molecule has 0 saturated carbocycles. The minimum Gasteiger partial charge on any atom is -0.497 e. The highest BCUT2D eigenvalue weighted by Gasteiger charge is 2.49. The number of hydrogen-bond donors (Lipinski definition) is 1. The van der Waals surface area contributed by atoms with E-state index in [2.05, 4.69) is 38.8 Å². The van der Waals surface area contributed by atoms with Gasteiger partial charge in [-0.1, -0.05) is 44.5 Å². The molecule has 2 aliphatic heterocycles. The zero-order chi connectivity index (χ0) is 32.6. The van der Waals surface area contributed by atoms with Crippen molar-refractivity contribution in [1.82, 2.24) is 0 Å². The fourth-order valence-corrected chi connectivity index (χ4v) is 7.20. The minimum atomic E-state index is -2.28. The molecule has 10 heteroatoms. The molecule has 1 saturated heterocycles. The summed E-state index contributed by atoms with van der Waals surface area (Å²) in [5, 5.41) is 12.8. The van der Waals surface area contributed by atoms with Crippen molar-refractivity contribution in [3.8, 4) is 11.5 Å². The Hall–Kier alpha value is -3.11. The van der Waals surface area contributed by atoms with Gasteiger partial charge in [0, 0.05) is 35.8 Å². The minimum absolute atomic E-state index is 0.0226. The second-order valence-electron chi connectivity index (χ2n) is 13.6. The second kappa shape index (κ2) is 12.9. The van der Waals surface area contributed by atoms with E-state index < -0.39 is 25.8 Å². The maximum atomic E-state index is 15.4. The maximum Gasteiger partial charge on any atom is 0.227 e. The highest BCUT2D eigenvalue weighted by molar-refractivity contribution is 6.74. The van der Waals surface area contributed by atoms with Gasteiger partial charge in [0.1, 0.15) is 29.5 Å². The number of benzene rings is 3. The standard InChI is InChI=1S/C35H44ClFN2O5Si/c1-34(2,3)45(5,6)44-31-22-38(26-11-9-25(36)10-12-26)20-19-35(31,41)23-43-30-17-16-29(37)33-28(30)15-18-32(40)39(33)21-24-7-13-27(42-4)14-8-24/h7-14,16-17,31,41H,15,18-23H2,1-6H3/t31-,35-/m1/s1. The molecule has 0 bridgehead atoms. The third kappa shape index (κ3) is 7.17. The number of methoxy groups -OCH3 is 1. The first kappa shape index (κ1) is 33.3. The van der Waals surface area contributed by atoms with Crippen LogP contribution in [0.25, 0.3) is 0 Å². The number of halogens is 2. The lowest BCUT2D eigenvalue weighted by molar-refractivity contribution is -0.119. The van der Waals surface area contributed by atoms with E-state index in [-0.39, 0.29) is 36.2 Å². The molecule has 1 N–H and O–H groups in total. The van der Waals surface area contributed by atoms with E-state index in [1.165, 1.54) is 11.0 Å². The van der Waals surface area contributed by atoms with Crippen LogP contribution in [0.5, 0.6) is 11.5 Å². The van der Waals surface area contributed by atoms with E-state index in [1.807, 2.05) is 48.5 Å². The molecule has 3 aromatic rings. The number of hydrogen-bond acceptors (Lipinski definition) is 6. The van der Waals surface area contributed by atoms with Crippen molar-refractivity contribution in [3.05, 3.63) is 82.6 Å². The van der Waals surface area contributed by atoms with Gasteiger partial charge in [-0.2, -0.15) is 0 Å². The summed E-state index contributed by atoms with van der Waals surface area (Å²) in [7, 11) is -0.690. The third-order valence-electron chi connectivity index (χ3n) is 9.56. The van der Waals surface area contributed by atoms with Gasteiger partial charge in [0.15, 0.2) is 8.32 Å². The summed E-state index contributed by atoms with van der Waals surface area (Å²) >= 11 is 6.15. The first-order chi connectivity index (χ1) is 21.2.